The molecule has 0 aromatic heterocycles. The molecule has 0 saturated carbocycles. The van der Waals surface area contributed by atoms with Gasteiger partial charge in [0.05, 0.1) is 22.4 Å². The number of rotatable bonds is 5. The molecular weight excluding hydrogens is 301 g/mol. The van der Waals surface area contributed by atoms with Crippen molar-refractivity contribution in [2.24, 2.45) is 0 Å². The van der Waals surface area contributed by atoms with Crippen molar-refractivity contribution in [3.8, 4) is 0 Å². The zero-order valence-corrected chi connectivity index (χ0v) is 12.1. The van der Waals surface area contributed by atoms with Gasteiger partial charge in [-0.05, 0) is 35.8 Å². The maximum atomic E-state index is 13.5. The Morgan fingerprint density at radius 3 is 2.72 bits per heavy atom. The van der Waals surface area contributed by atoms with Crippen LogP contribution in [0.2, 0.25) is 0 Å². The van der Waals surface area contributed by atoms with Gasteiger partial charge in [0.25, 0.3) is 0 Å². The molecule has 0 unspecified atom stereocenters. The predicted molar refractivity (Wildman–Crippen MR) is 75.1 cm³/mol. The fourth-order valence-corrected chi connectivity index (χ4v) is 1.98. The number of likely N-dealkylation sites (N-methyl/N-ethyl adjacent to an activating group) is 2. The summed E-state index contributed by atoms with van der Waals surface area (Å²) < 4.78 is 13.8. The summed E-state index contributed by atoms with van der Waals surface area (Å²) >= 11 is 3.07. The Morgan fingerprint density at radius 1 is 1.50 bits per heavy atom. The summed E-state index contributed by atoms with van der Waals surface area (Å²) in [7, 11) is 0. The van der Waals surface area contributed by atoms with E-state index in [9.17, 15) is 9.18 Å². The quantitative estimate of drug-likeness (QED) is 0.818. The topological polar surface area (TPSA) is 58.4 Å². The smallest absolute Gasteiger partial charge is 0.239 e. The van der Waals surface area contributed by atoms with Gasteiger partial charge < -0.3 is 16.0 Å². The molecule has 1 aromatic carbocycles. The Hall–Kier alpha value is -1.30. The first-order chi connectivity index (χ1) is 8.49. The maximum absolute atomic E-state index is 13.5. The summed E-state index contributed by atoms with van der Waals surface area (Å²) in [5.41, 5.74) is 6.82. The molecule has 1 rings (SSSR count). The third kappa shape index (κ3) is 3.60. The number of nitrogen functional groups attached to an aromatic ring is 1. The molecule has 1 amide bonds. The van der Waals surface area contributed by atoms with Crippen LogP contribution in [0.25, 0.3) is 0 Å². The summed E-state index contributed by atoms with van der Waals surface area (Å²) in [6, 6.07) is 2.84. The van der Waals surface area contributed by atoms with Crippen LogP contribution in [0, 0.1) is 5.82 Å². The number of anilines is 2. The molecule has 100 valence electrons. The Labute approximate surface area is 114 Å². The van der Waals surface area contributed by atoms with E-state index in [0.29, 0.717) is 28.9 Å². The van der Waals surface area contributed by atoms with E-state index in [4.69, 9.17) is 5.73 Å². The number of halogens is 2. The number of nitrogens with zero attached hydrogens (tertiary/aromatic N) is 1. The molecule has 3 N–H and O–H groups in total. The molecule has 0 aliphatic rings. The van der Waals surface area contributed by atoms with E-state index < -0.39 is 5.82 Å². The van der Waals surface area contributed by atoms with Crippen molar-refractivity contribution < 1.29 is 9.18 Å². The SMILES string of the molecule is CCNC(=O)CN(CC)c1cc(F)c(Br)cc1N. The second kappa shape index (κ2) is 6.58. The average Bonchev–Trinajstić information content (AvgIpc) is 2.31. The second-order valence-corrected chi connectivity index (χ2v) is 4.65. The molecule has 0 fully saturated rings. The highest BCUT2D eigenvalue weighted by atomic mass is 79.9. The lowest BCUT2D eigenvalue weighted by atomic mass is 10.2. The number of benzene rings is 1. The van der Waals surface area contributed by atoms with E-state index in [2.05, 4.69) is 21.2 Å². The van der Waals surface area contributed by atoms with Crippen molar-refractivity contribution in [2.45, 2.75) is 13.8 Å². The highest BCUT2D eigenvalue weighted by Crippen LogP contribution is 2.29. The fourth-order valence-electron chi connectivity index (χ4n) is 1.62. The van der Waals surface area contributed by atoms with Gasteiger partial charge in [-0.3, -0.25) is 4.79 Å². The molecule has 0 bridgehead atoms. The molecule has 18 heavy (non-hydrogen) atoms. The lowest BCUT2D eigenvalue weighted by Crippen LogP contribution is -2.37. The minimum atomic E-state index is -0.395. The first-order valence-electron chi connectivity index (χ1n) is 5.75. The van der Waals surface area contributed by atoms with Crippen LogP contribution in [0.1, 0.15) is 13.8 Å². The Kier molecular flexibility index (Phi) is 5.40. The van der Waals surface area contributed by atoms with E-state index in [1.807, 2.05) is 13.8 Å². The van der Waals surface area contributed by atoms with Crippen molar-refractivity contribution in [1.29, 1.82) is 0 Å². The summed E-state index contributed by atoms with van der Waals surface area (Å²) in [5, 5.41) is 2.70. The van der Waals surface area contributed by atoms with Gasteiger partial charge in [0.1, 0.15) is 5.82 Å². The maximum Gasteiger partial charge on any atom is 0.239 e. The predicted octanol–water partition coefficient (Wildman–Crippen LogP) is 2.13. The van der Waals surface area contributed by atoms with Crippen LogP contribution < -0.4 is 16.0 Å². The number of nitrogens with one attached hydrogen (secondary N) is 1. The molecule has 4 nitrogen and oxygen atoms in total. The van der Waals surface area contributed by atoms with E-state index >= 15 is 0 Å². The standard InChI is InChI=1S/C12H17BrFN3O/c1-3-16-12(18)7-17(4-2)11-6-9(14)8(13)5-10(11)15/h5-6H,3-4,7,15H2,1-2H3,(H,16,18). The van der Waals surface area contributed by atoms with E-state index in [-0.39, 0.29) is 12.5 Å². The van der Waals surface area contributed by atoms with Gasteiger partial charge in [0, 0.05) is 19.2 Å². The molecule has 0 radical (unpaired) electrons. The van der Waals surface area contributed by atoms with Crippen molar-refractivity contribution in [1.82, 2.24) is 5.32 Å². The van der Waals surface area contributed by atoms with Crippen LogP contribution >= 0.6 is 15.9 Å². The Balaban J connectivity index is 2.95. The van der Waals surface area contributed by atoms with Gasteiger partial charge in [0.15, 0.2) is 0 Å². The first-order valence-corrected chi connectivity index (χ1v) is 6.55. The van der Waals surface area contributed by atoms with Crippen molar-refractivity contribution in [3.05, 3.63) is 22.4 Å². The largest absolute Gasteiger partial charge is 0.397 e. The van der Waals surface area contributed by atoms with Crippen molar-refractivity contribution in [3.63, 3.8) is 0 Å². The molecule has 0 heterocycles. The number of hydrogen-bond acceptors (Lipinski definition) is 3. The molecular formula is C12H17BrFN3O. The third-order valence-corrected chi connectivity index (χ3v) is 3.11. The van der Waals surface area contributed by atoms with E-state index in [0.717, 1.165) is 0 Å². The second-order valence-electron chi connectivity index (χ2n) is 3.79. The third-order valence-electron chi connectivity index (χ3n) is 2.50. The normalized spacial score (nSPS) is 10.2. The number of carbonyl (C=O) groups is 1. The van der Waals surface area contributed by atoms with Crippen LogP contribution in [-0.4, -0.2) is 25.5 Å². The Morgan fingerprint density at radius 2 is 2.17 bits per heavy atom. The monoisotopic (exact) mass is 317 g/mol. The minimum absolute atomic E-state index is 0.109. The molecule has 0 saturated heterocycles. The molecule has 0 aliphatic heterocycles. The van der Waals surface area contributed by atoms with Crippen LogP contribution in [0.4, 0.5) is 15.8 Å². The summed E-state index contributed by atoms with van der Waals surface area (Å²) in [4.78, 5) is 13.3. The molecule has 1 aromatic rings. The first kappa shape index (κ1) is 14.8. The van der Waals surface area contributed by atoms with Gasteiger partial charge in [-0.15, -0.1) is 0 Å². The molecule has 0 spiro atoms. The summed E-state index contributed by atoms with van der Waals surface area (Å²) in [6.07, 6.45) is 0. The van der Waals surface area contributed by atoms with E-state index in [1.165, 1.54) is 12.1 Å². The molecule has 0 aliphatic carbocycles. The number of amides is 1. The Bertz CT molecular complexity index is 440. The number of carbonyl (C=O) groups excluding carboxylic acids is 1. The van der Waals surface area contributed by atoms with Crippen molar-refractivity contribution in [2.75, 3.05) is 30.3 Å². The van der Waals surface area contributed by atoms with Crippen LogP contribution in [-0.2, 0) is 4.79 Å². The van der Waals surface area contributed by atoms with Crippen molar-refractivity contribution >= 4 is 33.2 Å². The van der Waals surface area contributed by atoms with Crippen LogP contribution in [0.15, 0.2) is 16.6 Å². The van der Waals surface area contributed by atoms with Gasteiger partial charge in [-0.25, -0.2) is 4.39 Å². The van der Waals surface area contributed by atoms with E-state index in [1.54, 1.807) is 4.90 Å². The zero-order chi connectivity index (χ0) is 13.7. The summed E-state index contributed by atoms with van der Waals surface area (Å²) in [5.74, 6) is -0.504. The van der Waals surface area contributed by atoms with Gasteiger partial charge >= 0.3 is 0 Å². The highest BCUT2D eigenvalue weighted by molar-refractivity contribution is 9.10. The average molecular weight is 318 g/mol. The minimum Gasteiger partial charge on any atom is -0.397 e. The van der Waals surface area contributed by atoms with Gasteiger partial charge in [0.2, 0.25) is 5.91 Å². The van der Waals surface area contributed by atoms with Gasteiger partial charge in [-0.1, -0.05) is 0 Å². The fraction of sp³-hybridized carbons (Fsp3) is 0.417. The van der Waals surface area contributed by atoms with Gasteiger partial charge in [-0.2, -0.15) is 0 Å². The zero-order valence-electron chi connectivity index (χ0n) is 10.5. The molecule has 6 heteroatoms. The lowest BCUT2D eigenvalue weighted by Gasteiger charge is -2.24. The number of nitrogens with two attached hydrogens (primary N) is 1. The van der Waals surface area contributed by atoms with Crippen LogP contribution in [0.3, 0.4) is 0 Å². The van der Waals surface area contributed by atoms with Crippen LogP contribution in [0.5, 0.6) is 0 Å². The molecule has 0 atom stereocenters. The number of hydrogen-bond donors (Lipinski definition) is 2. The summed E-state index contributed by atoms with van der Waals surface area (Å²) in [6.45, 7) is 5.04. The highest BCUT2D eigenvalue weighted by Gasteiger charge is 2.14. The lowest BCUT2D eigenvalue weighted by molar-refractivity contribution is -0.119.